The van der Waals surface area contributed by atoms with Crippen LogP contribution in [0.15, 0.2) is 48.5 Å². The van der Waals surface area contributed by atoms with Gasteiger partial charge in [-0.3, -0.25) is 9.59 Å². The first kappa shape index (κ1) is 17.6. The molecule has 1 fully saturated rings. The highest BCUT2D eigenvalue weighted by molar-refractivity contribution is 5.98. The Balaban J connectivity index is 1.63. The van der Waals surface area contributed by atoms with Crippen molar-refractivity contribution in [2.24, 2.45) is 0 Å². The van der Waals surface area contributed by atoms with Crippen molar-refractivity contribution >= 4 is 11.8 Å². The first-order valence-corrected chi connectivity index (χ1v) is 9.48. The maximum absolute atomic E-state index is 13.0. The molecule has 5 heteroatoms. The third kappa shape index (κ3) is 3.42. The molecular formula is C22H24N2O3. The summed E-state index contributed by atoms with van der Waals surface area (Å²) in [4.78, 5) is 29.6. The first-order chi connectivity index (χ1) is 13.2. The van der Waals surface area contributed by atoms with Gasteiger partial charge in [-0.1, -0.05) is 30.3 Å². The lowest BCUT2D eigenvalue weighted by atomic mass is 10.0. The number of fused-ring (bicyclic) bond motifs is 1. The van der Waals surface area contributed by atoms with Crippen LogP contribution in [0.1, 0.15) is 46.8 Å². The minimum Gasteiger partial charge on any atom is -0.497 e. The van der Waals surface area contributed by atoms with Gasteiger partial charge in [-0.05, 0) is 42.2 Å². The maximum atomic E-state index is 13.0. The van der Waals surface area contributed by atoms with E-state index in [1.807, 2.05) is 58.3 Å². The van der Waals surface area contributed by atoms with E-state index < -0.39 is 0 Å². The number of hydrogen-bond acceptors (Lipinski definition) is 3. The lowest BCUT2D eigenvalue weighted by Crippen LogP contribution is -2.35. The topological polar surface area (TPSA) is 49.9 Å². The van der Waals surface area contributed by atoms with Crippen molar-refractivity contribution in [2.45, 2.75) is 31.8 Å². The summed E-state index contributed by atoms with van der Waals surface area (Å²) in [5.41, 5.74) is 2.73. The molecule has 0 spiro atoms. The lowest BCUT2D eigenvalue weighted by Gasteiger charge is -2.29. The van der Waals surface area contributed by atoms with Gasteiger partial charge in [-0.2, -0.15) is 0 Å². The van der Waals surface area contributed by atoms with E-state index in [0.717, 1.165) is 48.4 Å². The number of methoxy groups -OCH3 is 1. The minimum absolute atomic E-state index is 0.000593. The number of rotatable bonds is 5. The zero-order valence-corrected chi connectivity index (χ0v) is 15.6. The van der Waals surface area contributed by atoms with Crippen LogP contribution in [0.4, 0.5) is 0 Å². The van der Waals surface area contributed by atoms with E-state index in [0.29, 0.717) is 13.0 Å². The van der Waals surface area contributed by atoms with Crippen LogP contribution in [0.2, 0.25) is 0 Å². The largest absolute Gasteiger partial charge is 0.497 e. The van der Waals surface area contributed by atoms with Crippen molar-refractivity contribution in [2.75, 3.05) is 20.2 Å². The molecule has 2 aliphatic heterocycles. The number of ether oxygens (including phenoxy) is 1. The van der Waals surface area contributed by atoms with Crippen molar-refractivity contribution in [3.8, 4) is 5.75 Å². The van der Waals surface area contributed by atoms with Crippen molar-refractivity contribution in [3.63, 3.8) is 0 Å². The van der Waals surface area contributed by atoms with Crippen LogP contribution in [0.5, 0.6) is 5.75 Å². The predicted molar refractivity (Wildman–Crippen MR) is 102 cm³/mol. The molecule has 0 N–H and O–H groups in total. The fraction of sp³-hybridized carbons (Fsp3) is 0.364. The average Bonchev–Trinajstić information content (AvgIpc) is 3.35. The Kier molecular flexibility index (Phi) is 4.84. The molecule has 2 aromatic rings. The summed E-state index contributed by atoms with van der Waals surface area (Å²) in [6, 6.07) is 15.1. The molecule has 5 nitrogen and oxygen atoms in total. The molecule has 2 heterocycles. The van der Waals surface area contributed by atoms with Crippen LogP contribution >= 0.6 is 0 Å². The van der Waals surface area contributed by atoms with E-state index in [1.165, 1.54) is 0 Å². The summed E-state index contributed by atoms with van der Waals surface area (Å²) < 4.78 is 5.25. The molecular weight excluding hydrogens is 340 g/mol. The highest BCUT2D eigenvalue weighted by Gasteiger charge is 2.35. The van der Waals surface area contributed by atoms with Crippen LogP contribution in [-0.4, -0.2) is 41.8 Å². The predicted octanol–water partition coefficient (Wildman–Crippen LogP) is 3.40. The first-order valence-electron chi connectivity index (χ1n) is 9.48. The van der Waals surface area contributed by atoms with Gasteiger partial charge in [0.05, 0.1) is 19.6 Å². The normalized spacial score (nSPS) is 17.1. The summed E-state index contributed by atoms with van der Waals surface area (Å²) in [5.74, 6) is 0.886. The van der Waals surface area contributed by atoms with Crippen molar-refractivity contribution in [1.82, 2.24) is 9.80 Å². The molecule has 4 rings (SSSR count). The molecule has 2 amide bonds. The zero-order chi connectivity index (χ0) is 18.8. The number of carbonyl (C=O) groups excluding carboxylic acids is 2. The SMILES string of the molecule is COc1ccc(C(CC(=O)N2CCCC2)N2Cc3ccccc3C2=O)cc1. The molecule has 1 atom stereocenters. The molecule has 0 radical (unpaired) electrons. The Morgan fingerprint density at radius 2 is 1.78 bits per heavy atom. The van der Waals surface area contributed by atoms with Gasteiger partial charge in [0.1, 0.15) is 5.75 Å². The molecule has 0 saturated carbocycles. The van der Waals surface area contributed by atoms with Gasteiger partial charge in [0.2, 0.25) is 5.91 Å². The molecule has 140 valence electrons. The molecule has 1 saturated heterocycles. The lowest BCUT2D eigenvalue weighted by molar-refractivity contribution is -0.131. The van der Waals surface area contributed by atoms with Gasteiger partial charge in [0, 0.05) is 25.2 Å². The van der Waals surface area contributed by atoms with E-state index >= 15 is 0 Å². The summed E-state index contributed by atoms with van der Waals surface area (Å²) in [5, 5.41) is 0. The zero-order valence-electron chi connectivity index (χ0n) is 15.6. The molecule has 0 aromatic heterocycles. The number of benzene rings is 2. The molecule has 0 bridgehead atoms. The van der Waals surface area contributed by atoms with Gasteiger partial charge in [0.25, 0.3) is 5.91 Å². The Morgan fingerprint density at radius 3 is 2.44 bits per heavy atom. The third-order valence-electron chi connectivity index (χ3n) is 5.55. The monoisotopic (exact) mass is 364 g/mol. The summed E-state index contributed by atoms with van der Waals surface area (Å²) in [7, 11) is 1.63. The average molecular weight is 364 g/mol. The van der Waals surface area contributed by atoms with Crippen LogP contribution in [0.3, 0.4) is 0 Å². The molecule has 27 heavy (non-hydrogen) atoms. The van der Waals surface area contributed by atoms with E-state index in [1.54, 1.807) is 7.11 Å². The van der Waals surface area contributed by atoms with Gasteiger partial charge >= 0.3 is 0 Å². The quantitative estimate of drug-likeness (QED) is 0.817. The fourth-order valence-corrected chi connectivity index (χ4v) is 4.02. The second-order valence-electron chi connectivity index (χ2n) is 7.17. The molecule has 2 aromatic carbocycles. The van der Waals surface area contributed by atoms with E-state index in [4.69, 9.17) is 4.74 Å². The van der Waals surface area contributed by atoms with E-state index in [2.05, 4.69) is 0 Å². The van der Waals surface area contributed by atoms with Gasteiger partial charge < -0.3 is 14.5 Å². The summed E-state index contributed by atoms with van der Waals surface area (Å²) in [6.07, 6.45) is 2.44. The van der Waals surface area contributed by atoms with Crippen LogP contribution in [0, 0.1) is 0 Å². The minimum atomic E-state index is -0.274. The molecule has 0 aliphatic carbocycles. The maximum Gasteiger partial charge on any atom is 0.255 e. The number of amides is 2. The Hall–Kier alpha value is -2.82. The van der Waals surface area contributed by atoms with Crippen molar-refractivity contribution < 1.29 is 14.3 Å². The van der Waals surface area contributed by atoms with Gasteiger partial charge in [-0.25, -0.2) is 0 Å². The smallest absolute Gasteiger partial charge is 0.255 e. The van der Waals surface area contributed by atoms with Crippen molar-refractivity contribution in [3.05, 3.63) is 65.2 Å². The van der Waals surface area contributed by atoms with Crippen LogP contribution in [0.25, 0.3) is 0 Å². The van der Waals surface area contributed by atoms with Gasteiger partial charge in [-0.15, -0.1) is 0 Å². The number of nitrogens with zero attached hydrogens (tertiary/aromatic N) is 2. The van der Waals surface area contributed by atoms with E-state index in [-0.39, 0.29) is 17.9 Å². The number of carbonyl (C=O) groups is 2. The van der Waals surface area contributed by atoms with Gasteiger partial charge in [0.15, 0.2) is 0 Å². The third-order valence-corrected chi connectivity index (χ3v) is 5.55. The van der Waals surface area contributed by atoms with Crippen LogP contribution < -0.4 is 4.74 Å². The summed E-state index contributed by atoms with van der Waals surface area (Å²) in [6.45, 7) is 2.18. The second kappa shape index (κ2) is 7.43. The molecule has 1 unspecified atom stereocenters. The van der Waals surface area contributed by atoms with E-state index in [9.17, 15) is 9.59 Å². The molecule has 2 aliphatic rings. The van der Waals surface area contributed by atoms with Crippen molar-refractivity contribution in [1.29, 1.82) is 0 Å². The van der Waals surface area contributed by atoms with Crippen LogP contribution in [-0.2, 0) is 11.3 Å². The number of likely N-dealkylation sites (tertiary alicyclic amines) is 1. The Morgan fingerprint density at radius 1 is 1.07 bits per heavy atom. The summed E-state index contributed by atoms with van der Waals surface area (Å²) >= 11 is 0. The Labute approximate surface area is 159 Å². The highest BCUT2D eigenvalue weighted by atomic mass is 16.5. The Bertz CT molecular complexity index is 841. The second-order valence-corrected chi connectivity index (χ2v) is 7.17. The highest BCUT2D eigenvalue weighted by Crippen LogP contribution is 2.34. The number of hydrogen-bond donors (Lipinski definition) is 0. The fourth-order valence-electron chi connectivity index (χ4n) is 4.02. The standard InChI is InChI=1S/C22H24N2O3/c1-27-18-10-8-16(9-11-18)20(14-21(25)23-12-4-5-13-23)24-15-17-6-2-3-7-19(17)22(24)26/h2-3,6-11,20H,4-5,12-15H2,1H3.